The molecule has 1 aliphatic heterocycles. The van der Waals surface area contributed by atoms with Crippen LogP contribution in [0.5, 0.6) is 0 Å². The average Bonchev–Trinajstić information content (AvgIpc) is 2.39. The summed E-state index contributed by atoms with van der Waals surface area (Å²) in [5.41, 5.74) is 6.39. The first-order chi connectivity index (χ1) is 9.41. The standard InChI is InChI=1S/C14H16BrF3N2/c15-12-3-1-2-10(8-12)13(9-19)20-6-4-11(5-7-20)14(16,17)18/h1-4,8,13H,5-7,9,19H2. The van der Waals surface area contributed by atoms with Gasteiger partial charge in [-0.2, -0.15) is 13.2 Å². The second-order valence-electron chi connectivity index (χ2n) is 4.78. The van der Waals surface area contributed by atoms with E-state index >= 15 is 0 Å². The maximum Gasteiger partial charge on any atom is 0.412 e. The van der Waals surface area contributed by atoms with Crippen molar-refractivity contribution < 1.29 is 13.2 Å². The van der Waals surface area contributed by atoms with E-state index < -0.39 is 11.7 Å². The van der Waals surface area contributed by atoms with Crippen molar-refractivity contribution in [2.24, 2.45) is 5.73 Å². The first-order valence-corrected chi connectivity index (χ1v) is 7.17. The van der Waals surface area contributed by atoms with E-state index in [1.165, 1.54) is 6.08 Å². The summed E-state index contributed by atoms with van der Waals surface area (Å²) in [6.45, 7) is 1.04. The molecule has 0 bridgehead atoms. The van der Waals surface area contributed by atoms with E-state index in [1.54, 1.807) is 0 Å². The van der Waals surface area contributed by atoms with Crippen molar-refractivity contribution in [3.8, 4) is 0 Å². The number of nitrogens with zero attached hydrogens (tertiary/aromatic N) is 1. The van der Waals surface area contributed by atoms with Crippen LogP contribution in [-0.4, -0.2) is 30.7 Å². The van der Waals surface area contributed by atoms with Crippen LogP contribution < -0.4 is 5.73 Å². The first-order valence-electron chi connectivity index (χ1n) is 6.37. The zero-order chi connectivity index (χ0) is 14.8. The molecule has 20 heavy (non-hydrogen) atoms. The van der Waals surface area contributed by atoms with Crippen molar-refractivity contribution in [2.75, 3.05) is 19.6 Å². The molecule has 1 atom stereocenters. The van der Waals surface area contributed by atoms with E-state index in [-0.39, 0.29) is 19.0 Å². The quantitative estimate of drug-likeness (QED) is 0.845. The first kappa shape index (κ1) is 15.5. The SMILES string of the molecule is NCC(c1cccc(Br)c1)N1CC=C(C(F)(F)F)CC1. The summed E-state index contributed by atoms with van der Waals surface area (Å²) in [4.78, 5) is 1.98. The molecule has 1 aliphatic rings. The number of benzene rings is 1. The number of rotatable bonds is 3. The molecule has 2 nitrogen and oxygen atoms in total. The summed E-state index contributed by atoms with van der Waals surface area (Å²) in [5, 5.41) is 0. The van der Waals surface area contributed by atoms with Gasteiger partial charge in [-0.15, -0.1) is 0 Å². The van der Waals surface area contributed by atoms with Crippen LogP contribution >= 0.6 is 15.9 Å². The van der Waals surface area contributed by atoms with E-state index in [4.69, 9.17) is 5.73 Å². The molecule has 1 aromatic rings. The summed E-state index contributed by atoms with van der Waals surface area (Å²) < 4.78 is 38.8. The van der Waals surface area contributed by atoms with Crippen LogP contribution in [0.15, 0.2) is 40.4 Å². The third-order valence-electron chi connectivity index (χ3n) is 3.50. The van der Waals surface area contributed by atoms with Crippen LogP contribution in [0.3, 0.4) is 0 Å². The zero-order valence-electron chi connectivity index (χ0n) is 10.8. The third-order valence-corrected chi connectivity index (χ3v) is 4.00. The molecule has 6 heteroatoms. The highest BCUT2D eigenvalue weighted by Gasteiger charge is 2.35. The predicted octanol–water partition coefficient (Wildman–Crippen LogP) is 3.64. The van der Waals surface area contributed by atoms with Crippen molar-refractivity contribution in [1.82, 2.24) is 4.90 Å². The second kappa shape index (κ2) is 6.28. The molecule has 0 aliphatic carbocycles. The molecule has 0 radical (unpaired) electrons. The fourth-order valence-electron chi connectivity index (χ4n) is 2.44. The second-order valence-corrected chi connectivity index (χ2v) is 5.69. The summed E-state index contributed by atoms with van der Waals surface area (Å²) >= 11 is 3.40. The van der Waals surface area contributed by atoms with Crippen molar-refractivity contribution in [3.05, 3.63) is 46.0 Å². The van der Waals surface area contributed by atoms with Gasteiger partial charge in [-0.3, -0.25) is 4.90 Å². The monoisotopic (exact) mass is 348 g/mol. The largest absolute Gasteiger partial charge is 0.412 e. The van der Waals surface area contributed by atoms with Gasteiger partial charge in [-0.1, -0.05) is 34.1 Å². The summed E-state index contributed by atoms with van der Waals surface area (Å²) in [5.74, 6) is 0. The van der Waals surface area contributed by atoms with Crippen molar-refractivity contribution in [1.29, 1.82) is 0 Å². The fourth-order valence-corrected chi connectivity index (χ4v) is 2.85. The molecule has 0 spiro atoms. The Hall–Kier alpha value is -0.850. The number of nitrogens with two attached hydrogens (primary N) is 1. The van der Waals surface area contributed by atoms with Gasteiger partial charge >= 0.3 is 6.18 Å². The molecule has 0 fully saturated rings. The highest BCUT2D eigenvalue weighted by atomic mass is 79.9. The van der Waals surface area contributed by atoms with E-state index in [0.717, 1.165) is 10.0 Å². The Labute approximate surface area is 124 Å². The molecule has 0 saturated carbocycles. The van der Waals surface area contributed by atoms with Gasteiger partial charge in [0.05, 0.1) is 0 Å². The summed E-state index contributed by atoms with van der Waals surface area (Å²) in [6, 6.07) is 7.67. The van der Waals surface area contributed by atoms with Gasteiger partial charge in [0.2, 0.25) is 0 Å². The maximum absolute atomic E-state index is 12.6. The van der Waals surface area contributed by atoms with Gasteiger partial charge in [-0.25, -0.2) is 0 Å². The van der Waals surface area contributed by atoms with Gasteiger partial charge in [0.15, 0.2) is 0 Å². The fraction of sp³-hybridized carbons (Fsp3) is 0.429. The number of hydrogen-bond acceptors (Lipinski definition) is 2. The van der Waals surface area contributed by atoms with Crippen LogP contribution in [0.2, 0.25) is 0 Å². The number of halogens is 4. The smallest absolute Gasteiger partial charge is 0.329 e. The van der Waals surface area contributed by atoms with Crippen LogP contribution in [-0.2, 0) is 0 Å². The molecule has 2 rings (SSSR count). The van der Waals surface area contributed by atoms with Crippen LogP contribution in [0.1, 0.15) is 18.0 Å². The van der Waals surface area contributed by atoms with Crippen LogP contribution in [0.25, 0.3) is 0 Å². The Kier molecular flexibility index (Phi) is 4.88. The van der Waals surface area contributed by atoms with E-state index in [9.17, 15) is 13.2 Å². The Balaban J connectivity index is 2.13. The average molecular weight is 349 g/mol. The Morgan fingerprint density at radius 3 is 2.60 bits per heavy atom. The molecule has 0 saturated heterocycles. The molecular formula is C14H16BrF3N2. The Morgan fingerprint density at radius 1 is 1.35 bits per heavy atom. The molecule has 1 unspecified atom stereocenters. The Bertz CT molecular complexity index is 499. The Morgan fingerprint density at radius 2 is 2.10 bits per heavy atom. The number of alkyl halides is 3. The highest BCUT2D eigenvalue weighted by Crippen LogP contribution is 2.32. The molecule has 0 aromatic heterocycles. The third kappa shape index (κ3) is 3.62. The molecular weight excluding hydrogens is 333 g/mol. The van der Waals surface area contributed by atoms with Crippen molar-refractivity contribution in [2.45, 2.75) is 18.6 Å². The number of hydrogen-bond donors (Lipinski definition) is 1. The van der Waals surface area contributed by atoms with Crippen molar-refractivity contribution >= 4 is 15.9 Å². The lowest BCUT2D eigenvalue weighted by Gasteiger charge is -2.34. The topological polar surface area (TPSA) is 29.3 Å². The van der Waals surface area contributed by atoms with Crippen LogP contribution in [0.4, 0.5) is 13.2 Å². The van der Waals surface area contributed by atoms with E-state index in [1.807, 2.05) is 29.2 Å². The lowest BCUT2D eigenvalue weighted by atomic mass is 10.0. The molecule has 1 heterocycles. The molecule has 0 amide bonds. The van der Waals surface area contributed by atoms with Crippen LogP contribution in [0, 0.1) is 0 Å². The highest BCUT2D eigenvalue weighted by molar-refractivity contribution is 9.10. The van der Waals surface area contributed by atoms with E-state index in [2.05, 4.69) is 15.9 Å². The zero-order valence-corrected chi connectivity index (χ0v) is 12.4. The minimum atomic E-state index is -4.21. The van der Waals surface area contributed by atoms with Gasteiger partial charge in [0.1, 0.15) is 0 Å². The minimum Gasteiger partial charge on any atom is -0.329 e. The predicted molar refractivity (Wildman–Crippen MR) is 76.3 cm³/mol. The lowest BCUT2D eigenvalue weighted by molar-refractivity contribution is -0.0964. The summed E-state index contributed by atoms with van der Waals surface area (Å²) in [6.07, 6.45) is -2.92. The van der Waals surface area contributed by atoms with E-state index in [0.29, 0.717) is 13.1 Å². The molecule has 1 aromatic carbocycles. The van der Waals surface area contributed by atoms with Crippen molar-refractivity contribution in [3.63, 3.8) is 0 Å². The molecule has 110 valence electrons. The van der Waals surface area contributed by atoms with Gasteiger partial charge in [-0.05, 0) is 24.1 Å². The maximum atomic E-state index is 12.6. The molecule has 2 N–H and O–H groups in total. The van der Waals surface area contributed by atoms with Gasteiger partial charge in [0, 0.05) is 35.7 Å². The summed E-state index contributed by atoms with van der Waals surface area (Å²) in [7, 11) is 0. The normalized spacial score (nSPS) is 18.8. The van der Waals surface area contributed by atoms with Gasteiger partial charge < -0.3 is 5.73 Å². The van der Waals surface area contributed by atoms with Gasteiger partial charge in [0.25, 0.3) is 0 Å². The minimum absolute atomic E-state index is 0.0218. The lowest BCUT2D eigenvalue weighted by Crippen LogP contribution is -2.38.